The van der Waals surface area contributed by atoms with Crippen LogP contribution in [0, 0.1) is 0 Å². The summed E-state index contributed by atoms with van der Waals surface area (Å²) >= 11 is 2.42. The van der Waals surface area contributed by atoms with Gasteiger partial charge in [0, 0.05) is 0 Å². The van der Waals surface area contributed by atoms with E-state index in [1.165, 1.54) is 0 Å². The van der Waals surface area contributed by atoms with Crippen LogP contribution in [0.1, 0.15) is 0 Å². The van der Waals surface area contributed by atoms with Gasteiger partial charge in [-0.25, -0.2) is 0 Å². The van der Waals surface area contributed by atoms with Crippen LogP contribution in [0.5, 0.6) is 0 Å². The first kappa shape index (κ1) is 18.2. The molecule has 2 unspecified atom stereocenters. The van der Waals surface area contributed by atoms with Crippen LogP contribution in [-0.4, -0.2) is 16.3 Å². The molecule has 4 heavy (non-hydrogen) atoms. The Morgan fingerprint density at radius 3 is 1.00 bits per heavy atom. The van der Waals surface area contributed by atoms with Gasteiger partial charge in [-0.15, -0.1) is 5.79 Å². The van der Waals surface area contributed by atoms with Crippen LogP contribution in [0.3, 0.4) is 0 Å². The fourth-order valence-electron chi connectivity index (χ4n) is 0. The van der Waals surface area contributed by atoms with Gasteiger partial charge in [0.2, 0.25) is 0 Å². The Hall–Kier alpha value is 1.39. The lowest BCUT2D eigenvalue weighted by molar-refractivity contribution is 2.40. The average molecular weight is 110 g/mol. The second-order valence-corrected chi connectivity index (χ2v) is 0. The summed E-state index contributed by atoms with van der Waals surface area (Å²) in [5.74, 6) is 1.92. The molecule has 2 radical (unpaired) electrons. The highest BCUT2D eigenvalue weighted by atomic mass is 31.0. The third-order valence-corrected chi connectivity index (χ3v) is 0. The Morgan fingerprint density at radius 2 is 1.00 bits per heavy atom. The molecule has 0 aliphatic rings. The number of rotatable bonds is 0. The summed E-state index contributed by atoms with van der Waals surface area (Å²) in [4.78, 5) is 0. The molecule has 0 aliphatic heterocycles. The van der Waals surface area contributed by atoms with Gasteiger partial charge in [-0.3, -0.25) is 0 Å². The zero-order valence-corrected chi connectivity index (χ0v) is 6.97. The summed E-state index contributed by atoms with van der Waals surface area (Å²) in [5, 5.41) is 0. The topological polar surface area (TPSA) is 0 Å². The van der Waals surface area contributed by atoms with E-state index in [0.29, 0.717) is 0 Å². The van der Waals surface area contributed by atoms with Crippen molar-refractivity contribution in [3.05, 3.63) is 0 Å². The second-order valence-electron chi connectivity index (χ2n) is 0. The molecule has 3 heteroatoms. The van der Waals surface area contributed by atoms with Crippen LogP contribution < -0.4 is 0 Å². The molecule has 2 atom stereocenters. The van der Waals surface area contributed by atoms with Gasteiger partial charge in [-0.05, 0) is 0 Å². The lowest BCUT2D eigenvalue weighted by atomic mass is 11.9. The van der Waals surface area contributed by atoms with Crippen molar-refractivity contribution in [2.45, 2.75) is 5.79 Å². The Bertz CT molecular complexity index is 6.00. The standard InChI is InChI=1S/CH3.Al.2H3P/h1H3;;2*1H3. The predicted molar refractivity (Wildman–Crippen MR) is 33.8 cm³/mol. The molecule has 0 amide bonds. The van der Waals surface area contributed by atoms with Gasteiger partial charge in [0.1, 0.15) is 16.3 Å². The van der Waals surface area contributed by atoms with Gasteiger partial charge in [-0.1, -0.05) is 0 Å². The highest BCUT2D eigenvalue weighted by molar-refractivity contribution is 6.92. The van der Waals surface area contributed by atoms with Crippen molar-refractivity contribution in [2.24, 2.45) is 0 Å². The van der Waals surface area contributed by atoms with Gasteiger partial charge < -0.3 is 0 Å². The van der Waals surface area contributed by atoms with Crippen molar-refractivity contribution in [1.29, 1.82) is 0 Å². The minimum absolute atomic E-state index is 0. The van der Waals surface area contributed by atoms with Gasteiger partial charge in [0.25, 0.3) is 0 Å². The fraction of sp³-hybridized carbons (Fsp3) is 1.00. The molecular weight excluding hydrogens is 101 g/mol. The van der Waals surface area contributed by atoms with Crippen molar-refractivity contribution in [2.75, 3.05) is 0 Å². The fourth-order valence-corrected chi connectivity index (χ4v) is 0. The number of hydrogen-bond donors (Lipinski definition) is 0. The van der Waals surface area contributed by atoms with Crippen molar-refractivity contribution in [3.63, 3.8) is 0 Å². The Kier molecular flexibility index (Phi) is 118. The lowest BCUT2D eigenvalue weighted by Crippen LogP contribution is -1.13. The van der Waals surface area contributed by atoms with Gasteiger partial charge >= 0.3 is 0 Å². The van der Waals surface area contributed by atoms with E-state index in [1.54, 1.807) is 0 Å². The molecule has 0 aromatic heterocycles. The molecule has 0 saturated carbocycles. The molecule has 0 nitrogen and oxygen atoms in total. The summed E-state index contributed by atoms with van der Waals surface area (Å²) in [6, 6.07) is 0. The van der Waals surface area contributed by atoms with E-state index in [4.69, 9.17) is 0 Å². The maximum absolute atomic E-state index is 2.42. The molecule has 0 N–H and O–H groups in total. The molecule has 26 valence electrons. The number of hydrogen-bond acceptors (Lipinski definition) is 0. The largest absolute Gasteiger partial charge is 0.153 e. The monoisotopic (exact) mass is 110 g/mol. The summed E-state index contributed by atoms with van der Waals surface area (Å²) in [7, 11) is 0. The third-order valence-electron chi connectivity index (χ3n) is 0. The van der Waals surface area contributed by atoms with E-state index in [9.17, 15) is 0 Å². The second kappa shape index (κ2) is 26.1. The van der Waals surface area contributed by atoms with E-state index >= 15 is 0 Å². The predicted octanol–water partition coefficient (Wildman–Crippen LogP) is 0.319. The molecule has 0 spiro atoms. The van der Waals surface area contributed by atoms with Crippen LogP contribution >= 0.6 is 19.8 Å². The minimum Gasteiger partial charge on any atom is -0.153 e. The van der Waals surface area contributed by atoms with Crippen LogP contribution in [0.15, 0.2) is 0 Å². The Morgan fingerprint density at radius 1 is 1.00 bits per heavy atom. The molecule has 0 saturated heterocycles. The molecule has 0 bridgehead atoms. The summed E-state index contributed by atoms with van der Waals surface area (Å²) < 4.78 is 0. The highest BCUT2D eigenvalue weighted by Gasteiger charge is 0.999. The first-order chi connectivity index (χ1) is 1.00. The molecule has 0 rings (SSSR count). The Labute approximate surface area is 42.4 Å². The van der Waals surface area contributed by atoms with Crippen LogP contribution in [-0.2, 0) is 0 Å². The smallest absolute Gasteiger partial charge is 0.112 e. The van der Waals surface area contributed by atoms with Gasteiger partial charge in [-0.2, -0.15) is 19.8 Å². The van der Waals surface area contributed by atoms with Crippen molar-refractivity contribution >= 4 is 36.1 Å². The summed E-state index contributed by atoms with van der Waals surface area (Å²) in [6.45, 7) is 0. The maximum atomic E-state index is 2.42. The first-order valence-corrected chi connectivity index (χ1v) is 1.73. The van der Waals surface area contributed by atoms with Gasteiger partial charge in [0.05, 0.1) is 0 Å². The normalized spacial score (nSPS) is 1.25. The minimum atomic E-state index is 0. The third kappa shape index (κ3) is 10.0. The molecule has 0 aromatic carbocycles. The first-order valence-electron chi connectivity index (χ1n) is 0.577. The van der Waals surface area contributed by atoms with Crippen molar-refractivity contribution < 1.29 is 0 Å². The van der Waals surface area contributed by atoms with E-state index in [1.807, 2.05) is 5.79 Å². The molecule has 0 heterocycles. The maximum Gasteiger partial charge on any atom is 0.112 e. The van der Waals surface area contributed by atoms with E-state index in [0.717, 1.165) is 0 Å². The van der Waals surface area contributed by atoms with Gasteiger partial charge in [0.15, 0.2) is 0 Å². The average Bonchev–Trinajstić information content (AvgIpc) is 1.00. The summed E-state index contributed by atoms with van der Waals surface area (Å²) in [6.07, 6.45) is 0. The zero-order valence-electron chi connectivity index (χ0n) is 2.99. The SMILES string of the molecule is P.P.[CH3][Al]. The van der Waals surface area contributed by atoms with Crippen LogP contribution in [0.25, 0.3) is 0 Å². The quantitative estimate of drug-likeness (QED) is 0.311. The van der Waals surface area contributed by atoms with Crippen molar-refractivity contribution in [3.8, 4) is 0 Å². The van der Waals surface area contributed by atoms with Crippen molar-refractivity contribution in [1.82, 2.24) is 0 Å². The van der Waals surface area contributed by atoms with Crippen LogP contribution in [0.2, 0.25) is 5.79 Å². The molecule has 0 fully saturated rings. The molecule has 0 aromatic rings. The Balaban J connectivity index is -0.00000000500. The lowest BCUT2D eigenvalue weighted by Gasteiger charge is -1.02. The van der Waals surface area contributed by atoms with E-state index < -0.39 is 0 Å². The van der Waals surface area contributed by atoms with E-state index in [2.05, 4.69) is 16.3 Å². The van der Waals surface area contributed by atoms with E-state index in [-0.39, 0.29) is 19.8 Å². The highest BCUT2D eigenvalue weighted by Crippen LogP contribution is 0.960. The zero-order chi connectivity index (χ0) is 2.00. The van der Waals surface area contributed by atoms with Crippen LogP contribution in [0.4, 0.5) is 0 Å². The summed E-state index contributed by atoms with van der Waals surface area (Å²) in [5.41, 5.74) is 0. The molecule has 0 aliphatic carbocycles. The molecular formula is CH9AlP2.